The van der Waals surface area contributed by atoms with Crippen molar-refractivity contribution in [1.29, 1.82) is 0 Å². The molecule has 0 saturated carbocycles. The first-order chi connectivity index (χ1) is 8.15. The first-order valence-corrected chi connectivity index (χ1v) is 6.03. The number of aliphatic imine (C=N–C) groups is 1. The fraction of sp³-hybridized carbons (Fsp3) is 0.333. The van der Waals surface area contributed by atoms with E-state index in [0.29, 0.717) is 5.84 Å². The summed E-state index contributed by atoms with van der Waals surface area (Å²) in [5.74, 6) is 1.71. The smallest absolute Gasteiger partial charge is 0.115 e. The lowest BCUT2D eigenvalue weighted by atomic mass is 10.3. The number of aromatic nitrogens is 2. The molecule has 0 aliphatic heterocycles. The van der Waals surface area contributed by atoms with Gasteiger partial charge in [0.1, 0.15) is 11.7 Å². The Morgan fingerprint density at radius 2 is 2.29 bits per heavy atom. The van der Waals surface area contributed by atoms with Crippen LogP contribution < -0.4 is 5.73 Å². The summed E-state index contributed by atoms with van der Waals surface area (Å²) in [4.78, 5) is 8.75. The Balaban J connectivity index is 2.51. The Morgan fingerprint density at radius 3 is 2.94 bits per heavy atom. The molecule has 0 aliphatic rings. The van der Waals surface area contributed by atoms with Crippen LogP contribution in [0.4, 0.5) is 5.69 Å². The molecule has 4 nitrogen and oxygen atoms in total. The van der Waals surface area contributed by atoms with Gasteiger partial charge in [0.15, 0.2) is 0 Å². The van der Waals surface area contributed by atoms with Crippen LogP contribution in [0.5, 0.6) is 0 Å². The minimum atomic E-state index is 0.237. The first kappa shape index (κ1) is 11.9. The number of imidazole rings is 1. The van der Waals surface area contributed by atoms with Crippen LogP contribution in [0.1, 0.15) is 12.7 Å². The molecule has 0 bridgehead atoms. The third-order valence-corrected chi connectivity index (χ3v) is 2.96. The van der Waals surface area contributed by atoms with E-state index in [0.717, 1.165) is 29.0 Å². The maximum atomic E-state index is 5.60. The van der Waals surface area contributed by atoms with Crippen LogP contribution in [-0.4, -0.2) is 21.3 Å². The highest BCUT2D eigenvalue weighted by molar-refractivity contribution is 6.28. The normalized spacial score (nSPS) is 12.3. The number of hydrogen-bond acceptors (Lipinski definition) is 2. The van der Waals surface area contributed by atoms with Crippen LogP contribution in [0.15, 0.2) is 23.2 Å². The molecule has 0 saturated heterocycles. The number of nitrogens with zero attached hydrogens (tertiary/aromatic N) is 3. The quantitative estimate of drug-likeness (QED) is 0.517. The number of halogens is 1. The molecule has 0 aliphatic carbocycles. The second-order valence-corrected chi connectivity index (χ2v) is 4.12. The highest BCUT2D eigenvalue weighted by Crippen LogP contribution is 2.21. The molecule has 0 amide bonds. The van der Waals surface area contributed by atoms with Crippen molar-refractivity contribution < 1.29 is 0 Å². The van der Waals surface area contributed by atoms with Crippen molar-refractivity contribution >= 4 is 34.2 Å². The molecule has 2 rings (SSSR count). The fourth-order valence-corrected chi connectivity index (χ4v) is 1.88. The summed E-state index contributed by atoms with van der Waals surface area (Å²) in [6.45, 7) is 2.09. The zero-order valence-electron chi connectivity index (χ0n) is 9.94. The van der Waals surface area contributed by atoms with Crippen LogP contribution in [0.25, 0.3) is 11.0 Å². The van der Waals surface area contributed by atoms with Gasteiger partial charge in [-0.25, -0.2) is 9.98 Å². The van der Waals surface area contributed by atoms with Crippen molar-refractivity contribution in [3.63, 3.8) is 0 Å². The Bertz CT molecular complexity index is 571. The van der Waals surface area contributed by atoms with Crippen LogP contribution in [-0.2, 0) is 13.5 Å². The molecule has 1 aromatic carbocycles. The molecular weight excluding hydrogens is 236 g/mol. The van der Waals surface area contributed by atoms with Crippen molar-refractivity contribution in [2.75, 3.05) is 5.88 Å². The maximum absolute atomic E-state index is 5.60. The van der Waals surface area contributed by atoms with Gasteiger partial charge in [0.25, 0.3) is 0 Å². The van der Waals surface area contributed by atoms with Gasteiger partial charge in [-0.3, -0.25) is 0 Å². The third-order valence-electron chi connectivity index (χ3n) is 2.68. The molecule has 90 valence electrons. The predicted molar refractivity (Wildman–Crippen MR) is 72.1 cm³/mol. The summed E-state index contributed by atoms with van der Waals surface area (Å²) in [7, 11) is 2.02. The molecule has 0 fully saturated rings. The number of rotatable bonds is 3. The fourth-order valence-electron chi connectivity index (χ4n) is 1.82. The Kier molecular flexibility index (Phi) is 3.33. The summed E-state index contributed by atoms with van der Waals surface area (Å²) in [5.41, 5.74) is 8.43. The van der Waals surface area contributed by atoms with Crippen LogP contribution in [0, 0.1) is 0 Å². The third kappa shape index (κ3) is 2.26. The standard InChI is InChI=1S/C12H15ClN4/c1-3-12-16-9-6-8(15-11(14)7-13)4-5-10(9)17(12)2/h4-6H,3,7H2,1-2H3,(H2,14,15). The minimum Gasteiger partial charge on any atom is -0.386 e. The topological polar surface area (TPSA) is 56.2 Å². The monoisotopic (exact) mass is 250 g/mol. The molecule has 1 heterocycles. The van der Waals surface area contributed by atoms with E-state index < -0.39 is 0 Å². The van der Waals surface area contributed by atoms with E-state index in [2.05, 4.69) is 21.5 Å². The van der Waals surface area contributed by atoms with Gasteiger partial charge in [-0.1, -0.05) is 6.92 Å². The predicted octanol–water partition coefficient (Wildman–Crippen LogP) is 2.36. The Labute approximate surface area is 105 Å². The lowest BCUT2D eigenvalue weighted by molar-refractivity contribution is 0.829. The molecule has 2 N–H and O–H groups in total. The molecule has 0 spiro atoms. The van der Waals surface area contributed by atoms with E-state index in [1.54, 1.807) is 0 Å². The van der Waals surface area contributed by atoms with Crippen molar-refractivity contribution in [2.24, 2.45) is 17.8 Å². The largest absolute Gasteiger partial charge is 0.386 e. The molecule has 0 atom stereocenters. The summed E-state index contributed by atoms with van der Waals surface area (Å²) in [6, 6.07) is 5.85. The van der Waals surface area contributed by atoms with Gasteiger partial charge in [-0.05, 0) is 18.2 Å². The summed E-state index contributed by atoms with van der Waals surface area (Å²) < 4.78 is 2.09. The lowest BCUT2D eigenvalue weighted by Crippen LogP contribution is -2.12. The van der Waals surface area contributed by atoms with Gasteiger partial charge in [0, 0.05) is 13.5 Å². The zero-order valence-corrected chi connectivity index (χ0v) is 10.7. The van der Waals surface area contributed by atoms with Crippen LogP contribution in [0.3, 0.4) is 0 Å². The molecule has 0 radical (unpaired) electrons. The molecule has 2 aromatic rings. The number of nitrogens with two attached hydrogens (primary N) is 1. The van der Waals surface area contributed by atoms with Gasteiger partial charge in [0.05, 0.1) is 22.6 Å². The summed E-state index contributed by atoms with van der Waals surface area (Å²) in [6.07, 6.45) is 0.910. The SMILES string of the molecule is CCc1nc2cc(N=C(N)CCl)ccc2n1C. The van der Waals surface area contributed by atoms with Crippen molar-refractivity contribution in [1.82, 2.24) is 9.55 Å². The average molecular weight is 251 g/mol. The van der Waals surface area contributed by atoms with Gasteiger partial charge in [0.2, 0.25) is 0 Å². The second-order valence-electron chi connectivity index (χ2n) is 3.85. The second kappa shape index (κ2) is 4.75. The number of benzene rings is 1. The zero-order chi connectivity index (χ0) is 12.4. The van der Waals surface area contributed by atoms with E-state index in [1.807, 2.05) is 25.2 Å². The van der Waals surface area contributed by atoms with E-state index in [1.165, 1.54) is 0 Å². The Hall–Kier alpha value is -1.55. The van der Waals surface area contributed by atoms with Gasteiger partial charge in [-0.2, -0.15) is 0 Å². The first-order valence-electron chi connectivity index (χ1n) is 5.50. The summed E-state index contributed by atoms with van der Waals surface area (Å²) in [5, 5.41) is 0. The molecular formula is C12H15ClN4. The number of hydrogen-bond donors (Lipinski definition) is 1. The van der Waals surface area contributed by atoms with E-state index >= 15 is 0 Å². The molecule has 1 aromatic heterocycles. The summed E-state index contributed by atoms with van der Waals surface area (Å²) >= 11 is 5.60. The van der Waals surface area contributed by atoms with Gasteiger partial charge >= 0.3 is 0 Å². The molecule has 5 heteroatoms. The van der Waals surface area contributed by atoms with E-state index in [-0.39, 0.29) is 5.88 Å². The van der Waals surface area contributed by atoms with Crippen molar-refractivity contribution in [3.05, 3.63) is 24.0 Å². The van der Waals surface area contributed by atoms with Crippen molar-refractivity contribution in [2.45, 2.75) is 13.3 Å². The maximum Gasteiger partial charge on any atom is 0.115 e. The van der Waals surface area contributed by atoms with Gasteiger partial charge in [-0.15, -0.1) is 11.6 Å². The van der Waals surface area contributed by atoms with Crippen LogP contribution >= 0.6 is 11.6 Å². The number of amidine groups is 1. The highest BCUT2D eigenvalue weighted by atomic mass is 35.5. The van der Waals surface area contributed by atoms with Gasteiger partial charge < -0.3 is 10.3 Å². The minimum absolute atomic E-state index is 0.237. The van der Waals surface area contributed by atoms with Crippen molar-refractivity contribution in [3.8, 4) is 0 Å². The average Bonchev–Trinajstić information content (AvgIpc) is 2.65. The molecule has 17 heavy (non-hydrogen) atoms. The highest BCUT2D eigenvalue weighted by Gasteiger charge is 2.06. The Morgan fingerprint density at radius 1 is 1.53 bits per heavy atom. The molecule has 0 unspecified atom stereocenters. The number of aryl methyl sites for hydroxylation is 2. The number of alkyl halides is 1. The van der Waals surface area contributed by atoms with Crippen LogP contribution in [0.2, 0.25) is 0 Å². The lowest BCUT2D eigenvalue weighted by Gasteiger charge is -1.99. The van der Waals surface area contributed by atoms with E-state index in [4.69, 9.17) is 17.3 Å². The van der Waals surface area contributed by atoms with E-state index in [9.17, 15) is 0 Å². The number of fused-ring (bicyclic) bond motifs is 1.